The Morgan fingerprint density at radius 3 is 2.62 bits per heavy atom. The summed E-state index contributed by atoms with van der Waals surface area (Å²) in [4.78, 5) is 20.3. The average molecular weight is 469 g/mol. The Morgan fingerprint density at radius 2 is 1.84 bits per heavy atom. The van der Waals surface area contributed by atoms with E-state index in [-0.39, 0.29) is 16.4 Å². The maximum absolute atomic E-state index is 13.0. The summed E-state index contributed by atoms with van der Waals surface area (Å²) < 4.78 is 27.2. The largest absolute Gasteiger partial charge is 0.352 e. The van der Waals surface area contributed by atoms with Crippen LogP contribution in [0.4, 0.5) is 5.69 Å². The van der Waals surface area contributed by atoms with Crippen LogP contribution in [0.15, 0.2) is 77.7 Å². The number of benzene rings is 3. The number of H-pyrrole nitrogens is 1. The molecule has 2 N–H and O–H groups in total. The number of nitrogens with zero attached hydrogens (tertiary/aromatic N) is 2. The van der Waals surface area contributed by atoms with Crippen molar-refractivity contribution in [1.82, 2.24) is 15.3 Å². The highest BCUT2D eigenvalue weighted by Crippen LogP contribution is 2.25. The smallest absolute Gasteiger partial charge is 0.264 e. The minimum Gasteiger partial charge on any atom is -0.352 e. The summed E-state index contributed by atoms with van der Waals surface area (Å²) in [6.07, 6.45) is 0.524. The lowest BCUT2D eigenvalue weighted by Gasteiger charge is -2.20. The minimum atomic E-state index is -3.86. The fourth-order valence-electron chi connectivity index (χ4n) is 3.29. The van der Waals surface area contributed by atoms with Crippen LogP contribution in [0.1, 0.15) is 16.2 Å². The molecular weight excluding hydrogens is 448 g/mol. The van der Waals surface area contributed by atoms with E-state index in [1.807, 2.05) is 24.3 Å². The Bertz CT molecular complexity index is 1350. The quantitative estimate of drug-likeness (QED) is 0.428. The van der Waals surface area contributed by atoms with Crippen molar-refractivity contribution >= 4 is 44.3 Å². The molecule has 1 amide bonds. The summed E-state index contributed by atoms with van der Waals surface area (Å²) in [5.41, 5.74) is 2.50. The molecule has 0 aliphatic carbocycles. The standard InChI is InChI=1S/C23H21ClN4O3S/c1-28(18-8-5-7-17(24)15-18)32(30,31)19-9-4-6-16(14-19)23(29)25-13-12-22-26-20-10-2-3-11-21(20)27-22/h2-11,14-15H,12-13H2,1H3,(H,25,29)(H,26,27). The van der Waals surface area contributed by atoms with Gasteiger partial charge in [0.15, 0.2) is 0 Å². The van der Waals surface area contributed by atoms with E-state index in [2.05, 4.69) is 15.3 Å². The van der Waals surface area contributed by atoms with E-state index >= 15 is 0 Å². The number of aromatic nitrogens is 2. The second-order valence-corrected chi connectivity index (χ2v) is 9.59. The first kappa shape index (κ1) is 21.9. The summed E-state index contributed by atoms with van der Waals surface area (Å²) in [6.45, 7) is 0.359. The first-order chi connectivity index (χ1) is 15.3. The number of carbonyl (C=O) groups excluding carboxylic acids is 1. The number of imidazole rings is 1. The molecule has 7 nitrogen and oxygen atoms in total. The van der Waals surface area contributed by atoms with Crippen molar-refractivity contribution < 1.29 is 13.2 Å². The van der Waals surface area contributed by atoms with Gasteiger partial charge in [-0.1, -0.05) is 35.9 Å². The highest BCUT2D eigenvalue weighted by molar-refractivity contribution is 7.92. The molecule has 0 radical (unpaired) electrons. The molecule has 0 aliphatic heterocycles. The van der Waals surface area contributed by atoms with Gasteiger partial charge in [0.05, 0.1) is 21.6 Å². The molecule has 4 rings (SSSR count). The van der Waals surface area contributed by atoms with Gasteiger partial charge in [-0.05, 0) is 48.5 Å². The Kier molecular flexibility index (Phi) is 6.16. The molecule has 0 aliphatic rings. The van der Waals surface area contributed by atoms with E-state index < -0.39 is 10.0 Å². The molecule has 32 heavy (non-hydrogen) atoms. The molecule has 0 fully saturated rings. The Labute approximate surface area is 191 Å². The number of hydrogen-bond acceptors (Lipinski definition) is 4. The number of nitrogens with one attached hydrogen (secondary N) is 2. The van der Waals surface area contributed by atoms with E-state index in [1.54, 1.807) is 36.4 Å². The number of para-hydroxylation sites is 2. The van der Waals surface area contributed by atoms with Crippen molar-refractivity contribution in [3.8, 4) is 0 Å². The molecule has 164 valence electrons. The zero-order chi connectivity index (χ0) is 22.7. The van der Waals surface area contributed by atoms with Gasteiger partial charge < -0.3 is 10.3 Å². The molecule has 4 aromatic rings. The van der Waals surface area contributed by atoms with Gasteiger partial charge in [0.25, 0.3) is 15.9 Å². The first-order valence-electron chi connectivity index (χ1n) is 9.91. The Balaban J connectivity index is 1.45. The predicted octanol–water partition coefficient (Wildman–Crippen LogP) is 4.01. The average Bonchev–Trinajstić information content (AvgIpc) is 3.21. The fourth-order valence-corrected chi connectivity index (χ4v) is 4.71. The van der Waals surface area contributed by atoms with Crippen LogP contribution in [-0.4, -0.2) is 37.9 Å². The fraction of sp³-hybridized carbons (Fsp3) is 0.130. The number of rotatable bonds is 7. The highest BCUT2D eigenvalue weighted by Gasteiger charge is 2.22. The van der Waals surface area contributed by atoms with Crippen LogP contribution in [0.25, 0.3) is 11.0 Å². The van der Waals surface area contributed by atoms with Crippen LogP contribution < -0.4 is 9.62 Å². The van der Waals surface area contributed by atoms with Gasteiger partial charge in [0.2, 0.25) is 0 Å². The molecule has 3 aromatic carbocycles. The van der Waals surface area contributed by atoms with Crippen molar-refractivity contribution in [3.63, 3.8) is 0 Å². The summed E-state index contributed by atoms with van der Waals surface area (Å²) in [5.74, 6) is 0.412. The topological polar surface area (TPSA) is 95.2 Å². The van der Waals surface area contributed by atoms with E-state index in [0.717, 1.165) is 21.2 Å². The van der Waals surface area contributed by atoms with Crippen molar-refractivity contribution in [3.05, 3.63) is 89.2 Å². The van der Waals surface area contributed by atoms with Crippen molar-refractivity contribution in [2.24, 2.45) is 0 Å². The number of sulfonamides is 1. The molecule has 0 spiro atoms. The predicted molar refractivity (Wildman–Crippen MR) is 126 cm³/mol. The molecule has 0 unspecified atom stereocenters. The number of aromatic amines is 1. The van der Waals surface area contributed by atoms with Crippen LogP contribution in [0, 0.1) is 0 Å². The molecule has 0 atom stereocenters. The van der Waals surface area contributed by atoms with E-state index in [4.69, 9.17) is 11.6 Å². The van der Waals surface area contributed by atoms with Crippen LogP contribution in [0.2, 0.25) is 5.02 Å². The summed E-state index contributed by atoms with van der Waals surface area (Å²) in [6, 6.07) is 20.2. The van der Waals surface area contributed by atoms with E-state index in [1.165, 1.54) is 19.2 Å². The molecule has 9 heteroatoms. The third-order valence-electron chi connectivity index (χ3n) is 5.01. The minimum absolute atomic E-state index is 0.0184. The Hall–Kier alpha value is -3.36. The zero-order valence-electron chi connectivity index (χ0n) is 17.2. The van der Waals surface area contributed by atoms with Gasteiger partial charge in [-0.3, -0.25) is 9.10 Å². The third-order valence-corrected chi connectivity index (χ3v) is 7.03. The van der Waals surface area contributed by atoms with Gasteiger partial charge in [-0.2, -0.15) is 0 Å². The lowest BCUT2D eigenvalue weighted by molar-refractivity contribution is 0.0954. The maximum atomic E-state index is 13.0. The van der Waals surface area contributed by atoms with Gasteiger partial charge in [-0.25, -0.2) is 13.4 Å². The molecule has 0 bridgehead atoms. The second kappa shape index (κ2) is 9.02. The second-order valence-electron chi connectivity index (χ2n) is 7.19. The number of carbonyl (C=O) groups is 1. The first-order valence-corrected chi connectivity index (χ1v) is 11.7. The summed E-state index contributed by atoms with van der Waals surface area (Å²) >= 11 is 5.99. The van der Waals surface area contributed by atoms with Crippen molar-refractivity contribution in [2.75, 3.05) is 17.9 Å². The van der Waals surface area contributed by atoms with Gasteiger partial charge in [0.1, 0.15) is 5.82 Å². The van der Waals surface area contributed by atoms with Crippen LogP contribution in [0.5, 0.6) is 0 Å². The summed E-state index contributed by atoms with van der Waals surface area (Å²) in [5, 5.41) is 3.25. The normalized spacial score (nSPS) is 11.4. The number of hydrogen-bond donors (Lipinski definition) is 2. The molecular formula is C23H21ClN4O3S. The monoisotopic (exact) mass is 468 g/mol. The molecule has 1 aromatic heterocycles. The molecule has 0 saturated heterocycles. The number of fused-ring (bicyclic) bond motifs is 1. The van der Waals surface area contributed by atoms with Gasteiger partial charge >= 0.3 is 0 Å². The van der Waals surface area contributed by atoms with E-state index in [0.29, 0.717) is 23.7 Å². The van der Waals surface area contributed by atoms with Crippen molar-refractivity contribution in [2.45, 2.75) is 11.3 Å². The van der Waals surface area contributed by atoms with E-state index in [9.17, 15) is 13.2 Å². The SMILES string of the molecule is CN(c1cccc(Cl)c1)S(=O)(=O)c1cccc(C(=O)NCCc2nc3ccccc3[nH]2)c1. The van der Waals surface area contributed by atoms with Crippen LogP contribution >= 0.6 is 11.6 Å². The molecule has 0 saturated carbocycles. The van der Waals surface area contributed by atoms with Gasteiger partial charge in [0, 0.05) is 30.6 Å². The number of anilines is 1. The number of amides is 1. The summed E-state index contributed by atoms with van der Waals surface area (Å²) in [7, 11) is -2.42. The van der Waals surface area contributed by atoms with Crippen LogP contribution in [-0.2, 0) is 16.4 Å². The highest BCUT2D eigenvalue weighted by atomic mass is 35.5. The maximum Gasteiger partial charge on any atom is 0.264 e. The number of halogens is 1. The van der Waals surface area contributed by atoms with Crippen LogP contribution in [0.3, 0.4) is 0 Å². The third kappa shape index (κ3) is 4.61. The lowest BCUT2D eigenvalue weighted by atomic mass is 10.2. The van der Waals surface area contributed by atoms with Crippen molar-refractivity contribution in [1.29, 1.82) is 0 Å². The molecule has 1 heterocycles. The Morgan fingerprint density at radius 1 is 1.06 bits per heavy atom. The lowest BCUT2D eigenvalue weighted by Crippen LogP contribution is -2.28. The zero-order valence-corrected chi connectivity index (χ0v) is 18.8. The van der Waals surface area contributed by atoms with Gasteiger partial charge in [-0.15, -0.1) is 0 Å².